The maximum Gasteiger partial charge on any atom is 0.235 e. The van der Waals surface area contributed by atoms with Gasteiger partial charge >= 0.3 is 0 Å². The van der Waals surface area contributed by atoms with Crippen LogP contribution in [0.5, 0.6) is 0 Å². The van der Waals surface area contributed by atoms with Crippen molar-refractivity contribution in [1.82, 2.24) is 31.6 Å². The number of hydrogen-bond acceptors (Lipinski definition) is 8. The molecular weight excluding hydrogens is 448 g/mol. The minimum absolute atomic E-state index is 0.0719. The van der Waals surface area contributed by atoms with E-state index in [-0.39, 0.29) is 24.2 Å². The Morgan fingerprint density at radius 3 is 2.79 bits per heavy atom. The minimum atomic E-state index is -0.535. The molecule has 0 spiro atoms. The lowest BCUT2D eigenvalue weighted by Crippen LogP contribution is -2.71. The van der Waals surface area contributed by atoms with Gasteiger partial charge in [-0.3, -0.25) is 20.7 Å². The van der Waals surface area contributed by atoms with Gasteiger partial charge in [0, 0.05) is 19.0 Å². The van der Waals surface area contributed by atoms with Crippen molar-refractivity contribution in [3.63, 3.8) is 0 Å². The van der Waals surface area contributed by atoms with Gasteiger partial charge in [-0.05, 0) is 42.6 Å². The van der Waals surface area contributed by atoms with Crippen LogP contribution < -0.4 is 26.6 Å². The number of rotatable bonds is 5. The van der Waals surface area contributed by atoms with Crippen molar-refractivity contribution in [2.45, 2.75) is 55.8 Å². The molecule has 0 radical (unpaired) electrons. The molecule has 3 aromatic rings. The van der Waals surface area contributed by atoms with Gasteiger partial charge in [-0.15, -0.1) is 11.3 Å². The van der Waals surface area contributed by atoms with Crippen LogP contribution in [0.15, 0.2) is 48.5 Å². The quantitative estimate of drug-likeness (QED) is 0.328. The summed E-state index contributed by atoms with van der Waals surface area (Å²) in [5.41, 5.74) is 3.14. The molecule has 3 unspecified atom stereocenters. The highest BCUT2D eigenvalue weighted by atomic mass is 32.1. The second kappa shape index (κ2) is 9.33. The normalized spacial score (nSPS) is 31.4. The first kappa shape index (κ1) is 22.1. The van der Waals surface area contributed by atoms with Crippen molar-refractivity contribution >= 4 is 27.5 Å². The Kier molecular flexibility index (Phi) is 6.06. The first-order chi connectivity index (χ1) is 16.7. The number of thiazole rings is 1. The van der Waals surface area contributed by atoms with Gasteiger partial charge in [-0.1, -0.05) is 36.4 Å². The molecule has 2 saturated heterocycles. The van der Waals surface area contributed by atoms with Crippen molar-refractivity contribution in [2.75, 3.05) is 13.1 Å². The van der Waals surface area contributed by atoms with E-state index < -0.39 is 18.3 Å². The Bertz CT molecular complexity index is 1150. The molecule has 3 aliphatic rings. The molecule has 2 fully saturated rings. The monoisotopic (exact) mass is 478 g/mol. The number of aliphatic hydroxyl groups excluding tert-OH is 1. The van der Waals surface area contributed by atoms with Gasteiger partial charge < -0.3 is 15.7 Å². The lowest BCUT2D eigenvalue weighted by atomic mass is 10.00. The third-order valence-electron chi connectivity index (χ3n) is 7.09. The van der Waals surface area contributed by atoms with Crippen molar-refractivity contribution in [1.29, 1.82) is 0 Å². The zero-order valence-corrected chi connectivity index (χ0v) is 19.6. The molecule has 1 aromatic heterocycles. The summed E-state index contributed by atoms with van der Waals surface area (Å²) in [7, 11) is 0. The summed E-state index contributed by atoms with van der Waals surface area (Å²) < 4.78 is 1.08. The van der Waals surface area contributed by atoms with Gasteiger partial charge in [0.15, 0.2) is 0 Å². The highest BCUT2D eigenvalue weighted by Crippen LogP contribution is 2.33. The van der Waals surface area contributed by atoms with Crippen LogP contribution in [0.2, 0.25) is 0 Å². The number of benzene rings is 2. The van der Waals surface area contributed by atoms with Crippen LogP contribution in [0.3, 0.4) is 0 Å². The molecule has 6 N–H and O–H groups in total. The zero-order chi connectivity index (χ0) is 23.1. The number of carbonyl (C=O) groups is 1. The van der Waals surface area contributed by atoms with Gasteiger partial charge in [-0.2, -0.15) is 0 Å². The van der Waals surface area contributed by atoms with Gasteiger partial charge in [0.1, 0.15) is 17.2 Å². The van der Waals surface area contributed by atoms with E-state index in [2.05, 4.69) is 32.7 Å². The first-order valence-corrected chi connectivity index (χ1v) is 12.9. The maximum atomic E-state index is 13.5. The van der Waals surface area contributed by atoms with E-state index >= 15 is 0 Å². The Labute approximate surface area is 202 Å². The number of piperidine rings is 1. The van der Waals surface area contributed by atoms with Crippen molar-refractivity contribution in [3.8, 4) is 0 Å². The van der Waals surface area contributed by atoms with E-state index in [1.807, 2.05) is 42.5 Å². The molecule has 6 atom stereocenters. The molecular formula is C25H30N6O2S. The predicted molar refractivity (Wildman–Crippen MR) is 132 cm³/mol. The molecule has 6 rings (SSSR count). The highest BCUT2D eigenvalue weighted by Gasteiger charge is 2.42. The third kappa shape index (κ3) is 4.24. The van der Waals surface area contributed by atoms with E-state index in [4.69, 9.17) is 4.98 Å². The van der Waals surface area contributed by atoms with E-state index in [1.165, 1.54) is 0 Å². The summed E-state index contributed by atoms with van der Waals surface area (Å²) in [5.74, 6) is -0.518. The summed E-state index contributed by atoms with van der Waals surface area (Å²) >= 11 is 1.57. The zero-order valence-electron chi connectivity index (χ0n) is 18.8. The number of fused-ring (bicyclic) bond motifs is 2. The fourth-order valence-corrected chi connectivity index (χ4v) is 6.52. The number of amides is 1. The Morgan fingerprint density at radius 2 is 1.94 bits per heavy atom. The summed E-state index contributed by atoms with van der Waals surface area (Å²) in [6.07, 6.45) is 1.48. The first-order valence-electron chi connectivity index (χ1n) is 12.1. The smallest absolute Gasteiger partial charge is 0.235 e. The fraction of sp³-hybridized carbons (Fsp3) is 0.440. The number of nitrogens with zero attached hydrogens (tertiary/aromatic N) is 1. The number of aromatic nitrogens is 1. The lowest BCUT2D eigenvalue weighted by molar-refractivity contribution is -0.127. The largest absolute Gasteiger partial charge is 0.391 e. The van der Waals surface area contributed by atoms with Crippen LogP contribution in [0, 0.1) is 0 Å². The van der Waals surface area contributed by atoms with E-state index in [9.17, 15) is 9.90 Å². The second-order valence-electron chi connectivity index (χ2n) is 9.41. The lowest BCUT2D eigenvalue weighted by Gasteiger charge is -2.41. The van der Waals surface area contributed by atoms with Crippen molar-refractivity contribution in [3.05, 3.63) is 64.7 Å². The Morgan fingerprint density at radius 1 is 1.09 bits per heavy atom. The number of para-hydroxylation sites is 1. The van der Waals surface area contributed by atoms with Gasteiger partial charge in [0.25, 0.3) is 0 Å². The summed E-state index contributed by atoms with van der Waals surface area (Å²) in [5, 5.41) is 28.8. The number of carbonyl (C=O) groups excluding carboxylic acids is 1. The van der Waals surface area contributed by atoms with Crippen LogP contribution in [-0.4, -0.2) is 53.7 Å². The molecule has 0 saturated carbocycles. The predicted octanol–water partition coefficient (Wildman–Crippen LogP) is 1.30. The van der Waals surface area contributed by atoms with E-state index in [1.54, 1.807) is 11.3 Å². The van der Waals surface area contributed by atoms with Gasteiger partial charge in [-0.25, -0.2) is 4.98 Å². The summed E-state index contributed by atoms with van der Waals surface area (Å²) in [6, 6.07) is 16.1. The third-order valence-corrected chi connectivity index (χ3v) is 8.21. The average molecular weight is 479 g/mol. The Hall–Kier alpha value is -2.40. The molecule has 0 bridgehead atoms. The van der Waals surface area contributed by atoms with E-state index in [0.717, 1.165) is 52.3 Å². The average Bonchev–Trinajstić information content (AvgIpc) is 3.40. The van der Waals surface area contributed by atoms with Gasteiger partial charge in [0.2, 0.25) is 5.91 Å². The molecule has 8 nitrogen and oxygen atoms in total. The molecule has 178 valence electrons. The van der Waals surface area contributed by atoms with Gasteiger partial charge in [0.05, 0.1) is 28.5 Å². The molecule has 34 heavy (non-hydrogen) atoms. The van der Waals surface area contributed by atoms with Crippen LogP contribution in [-0.2, 0) is 11.2 Å². The standard InChI is InChI=1S/C25H30N6O2S/c32-18-12-14-6-1-2-8-16(14)21(18)29-25-30-22(27-15-7-5-11-26-13-15)20(23(33)31-25)24-28-17-9-3-4-10-19(17)34-24/h1-4,6,8-10,15,18,20-22,25-27,29-30,32H,5,7,11-13H2,(H,31,33)/t15-,18+,20?,21-,22?,25?/m1/s1. The summed E-state index contributed by atoms with van der Waals surface area (Å²) in [4.78, 5) is 18.3. The Balaban J connectivity index is 1.26. The highest BCUT2D eigenvalue weighted by molar-refractivity contribution is 7.18. The molecule has 2 aliphatic heterocycles. The van der Waals surface area contributed by atoms with Crippen LogP contribution >= 0.6 is 11.3 Å². The van der Waals surface area contributed by atoms with Crippen molar-refractivity contribution < 1.29 is 9.90 Å². The molecule has 1 aliphatic carbocycles. The maximum absolute atomic E-state index is 13.5. The topological polar surface area (TPSA) is 110 Å². The molecule has 3 heterocycles. The molecule has 2 aromatic carbocycles. The number of nitrogens with one attached hydrogen (secondary N) is 5. The van der Waals surface area contributed by atoms with Crippen LogP contribution in [0.1, 0.15) is 40.9 Å². The minimum Gasteiger partial charge on any atom is -0.391 e. The fourth-order valence-electron chi connectivity index (χ4n) is 5.42. The number of hydrogen-bond donors (Lipinski definition) is 6. The van der Waals surface area contributed by atoms with Crippen LogP contribution in [0.25, 0.3) is 10.2 Å². The van der Waals surface area contributed by atoms with Crippen molar-refractivity contribution in [2.24, 2.45) is 0 Å². The summed E-state index contributed by atoms with van der Waals surface area (Å²) in [6.45, 7) is 1.90. The number of aliphatic hydroxyl groups is 1. The van der Waals surface area contributed by atoms with E-state index in [0.29, 0.717) is 6.42 Å². The SMILES string of the molecule is O=C1NC(N[C@@H]2c3ccccc3C[C@@H]2O)NC(N[C@@H]2CCCNC2)C1c1nc2ccccc2s1. The molecule has 1 amide bonds. The second-order valence-corrected chi connectivity index (χ2v) is 10.5. The van der Waals surface area contributed by atoms with Crippen LogP contribution in [0.4, 0.5) is 0 Å². The molecule has 9 heteroatoms.